The van der Waals surface area contributed by atoms with Gasteiger partial charge >= 0.3 is 0 Å². The summed E-state index contributed by atoms with van der Waals surface area (Å²) in [5, 5.41) is 4.37. The van der Waals surface area contributed by atoms with Crippen molar-refractivity contribution in [3.8, 4) is 16.8 Å². The van der Waals surface area contributed by atoms with Crippen molar-refractivity contribution in [2.75, 3.05) is 5.73 Å². The van der Waals surface area contributed by atoms with Gasteiger partial charge in [-0.3, -0.25) is 0 Å². The van der Waals surface area contributed by atoms with Gasteiger partial charge in [0.25, 0.3) is 0 Å². The Morgan fingerprint density at radius 3 is 2.53 bits per heavy atom. The first-order valence-electron chi connectivity index (χ1n) is 5.89. The Kier molecular flexibility index (Phi) is 3.09. The Labute approximate surface area is 119 Å². The number of anilines is 1. The number of benzene rings is 2. The number of nitrogens with zero attached hydrogens (tertiary/aromatic N) is 2. The van der Waals surface area contributed by atoms with E-state index in [0.717, 1.165) is 21.3 Å². The van der Waals surface area contributed by atoms with Gasteiger partial charge in [0.05, 0.1) is 17.6 Å². The molecule has 0 saturated heterocycles. The highest BCUT2D eigenvalue weighted by molar-refractivity contribution is 9.10. The Balaban J connectivity index is 2.02. The molecule has 19 heavy (non-hydrogen) atoms. The van der Waals surface area contributed by atoms with Crippen molar-refractivity contribution in [2.24, 2.45) is 0 Å². The van der Waals surface area contributed by atoms with Gasteiger partial charge in [-0.2, -0.15) is 5.10 Å². The highest BCUT2D eigenvalue weighted by Gasteiger charge is 2.06. The molecule has 0 amide bonds. The third kappa shape index (κ3) is 2.39. The lowest BCUT2D eigenvalue weighted by Gasteiger charge is -2.05. The van der Waals surface area contributed by atoms with Crippen molar-refractivity contribution < 1.29 is 0 Å². The van der Waals surface area contributed by atoms with Gasteiger partial charge < -0.3 is 5.73 Å². The maximum Gasteiger partial charge on any atom is 0.0875 e. The van der Waals surface area contributed by atoms with Gasteiger partial charge in [-0.05, 0) is 23.8 Å². The Morgan fingerprint density at radius 1 is 1.00 bits per heavy atom. The molecule has 0 atom stereocenters. The Morgan fingerprint density at radius 2 is 1.79 bits per heavy atom. The van der Waals surface area contributed by atoms with E-state index in [1.54, 1.807) is 4.68 Å². The van der Waals surface area contributed by atoms with E-state index < -0.39 is 0 Å². The summed E-state index contributed by atoms with van der Waals surface area (Å²) in [6.45, 7) is 0. The maximum atomic E-state index is 6.01. The van der Waals surface area contributed by atoms with Crippen LogP contribution in [0.4, 0.5) is 5.69 Å². The summed E-state index contributed by atoms with van der Waals surface area (Å²) >= 11 is 3.40. The molecule has 1 aromatic heterocycles. The van der Waals surface area contributed by atoms with Crippen LogP contribution in [-0.4, -0.2) is 9.78 Å². The summed E-state index contributed by atoms with van der Waals surface area (Å²) in [6.07, 6.45) is 3.83. The van der Waals surface area contributed by atoms with E-state index in [9.17, 15) is 0 Å². The van der Waals surface area contributed by atoms with Crippen LogP contribution in [0.3, 0.4) is 0 Å². The van der Waals surface area contributed by atoms with Crippen molar-refractivity contribution in [3.63, 3.8) is 0 Å². The Hall–Kier alpha value is -2.07. The zero-order valence-corrected chi connectivity index (χ0v) is 11.7. The molecule has 0 unspecified atom stereocenters. The molecule has 3 rings (SSSR count). The minimum absolute atomic E-state index is 0.692. The molecule has 3 nitrogen and oxygen atoms in total. The first-order valence-corrected chi connectivity index (χ1v) is 6.69. The SMILES string of the molecule is Nc1cc(Br)ccc1-n1cc(-c2ccccc2)cn1. The molecule has 0 fully saturated rings. The average molecular weight is 314 g/mol. The molecule has 2 aromatic carbocycles. The molecule has 0 aliphatic heterocycles. The molecule has 0 radical (unpaired) electrons. The summed E-state index contributed by atoms with van der Waals surface area (Å²) in [6, 6.07) is 15.9. The van der Waals surface area contributed by atoms with Crippen molar-refractivity contribution in [1.82, 2.24) is 9.78 Å². The van der Waals surface area contributed by atoms with E-state index in [2.05, 4.69) is 33.2 Å². The van der Waals surface area contributed by atoms with E-state index in [4.69, 9.17) is 5.73 Å². The first-order chi connectivity index (χ1) is 9.24. The van der Waals surface area contributed by atoms with Crippen molar-refractivity contribution in [3.05, 3.63) is 65.4 Å². The molecular formula is C15H12BrN3. The van der Waals surface area contributed by atoms with Gasteiger partial charge in [-0.15, -0.1) is 0 Å². The fourth-order valence-electron chi connectivity index (χ4n) is 1.97. The second-order valence-electron chi connectivity index (χ2n) is 4.24. The summed E-state index contributed by atoms with van der Waals surface area (Å²) in [5.74, 6) is 0. The summed E-state index contributed by atoms with van der Waals surface area (Å²) in [4.78, 5) is 0. The fraction of sp³-hybridized carbons (Fsp3) is 0. The van der Waals surface area contributed by atoms with E-state index in [-0.39, 0.29) is 0 Å². The van der Waals surface area contributed by atoms with Crippen molar-refractivity contribution in [1.29, 1.82) is 0 Å². The second kappa shape index (κ2) is 4.90. The molecular weight excluding hydrogens is 302 g/mol. The van der Waals surface area contributed by atoms with Crippen LogP contribution in [-0.2, 0) is 0 Å². The van der Waals surface area contributed by atoms with Crippen LogP contribution in [0.1, 0.15) is 0 Å². The third-order valence-electron chi connectivity index (χ3n) is 2.93. The summed E-state index contributed by atoms with van der Waals surface area (Å²) in [5.41, 5.74) is 9.80. The molecule has 2 N–H and O–H groups in total. The molecule has 0 aliphatic carbocycles. The van der Waals surface area contributed by atoms with E-state index >= 15 is 0 Å². The monoisotopic (exact) mass is 313 g/mol. The van der Waals surface area contributed by atoms with E-state index in [1.165, 1.54) is 0 Å². The predicted molar refractivity (Wildman–Crippen MR) is 81.1 cm³/mol. The van der Waals surface area contributed by atoms with Gasteiger partial charge in [-0.1, -0.05) is 46.3 Å². The van der Waals surface area contributed by atoms with Gasteiger partial charge in [0, 0.05) is 16.2 Å². The van der Waals surface area contributed by atoms with Crippen LogP contribution in [0, 0.1) is 0 Å². The number of aromatic nitrogens is 2. The van der Waals surface area contributed by atoms with Gasteiger partial charge in [0.2, 0.25) is 0 Å². The van der Waals surface area contributed by atoms with Crippen LogP contribution in [0.5, 0.6) is 0 Å². The summed E-state index contributed by atoms with van der Waals surface area (Å²) in [7, 11) is 0. The lowest BCUT2D eigenvalue weighted by molar-refractivity contribution is 0.883. The maximum absolute atomic E-state index is 6.01. The standard InChI is InChI=1S/C15H12BrN3/c16-13-6-7-15(14(17)8-13)19-10-12(9-18-19)11-4-2-1-3-5-11/h1-10H,17H2. The molecule has 0 bridgehead atoms. The number of nitrogen functional groups attached to an aromatic ring is 1. The lowest BCUT2D eigenvalue weighted by Crippen LogP contribution is -1.99. The molecule has 1 heterocycles. The smallest absolute Gasteiger partial charge is 0.0875 e. The molecule has 0 aliphatic rings. The van der Waals surface area contributed by atoms with E-state index in [1.807, 2.05) is 48.8 Å². The largest absolute Gasteiger partial charge is 0.397 e. The zero-order valence-electron chi connectivity index (χ0n) is 10.1. The number of hydrogen-bond acceptors (Lipinski definition) is 2. The molecule has 4 heteroatoms. The second-order valence-corrected chi connectivity index (χ2v) is 5.16. The van der Waals surface area contributed by atoms with Gasteiger partial charge in [-0.25, -0.2) is 4.68 Å². The minimum Gasteiger partial charge on any atom is -0.397 e. The topological polar surface area (TPSA) is 43.8 Å². The van der Waals surface area contributed by atoms with Crippen LogP contribution in [0.15, 0.2) is 65.4 Å². The minimum atomic E-state index is 0.692. The molecule has 0 saturated carbocycles. The predicted octanol–water partition coefficient (Wildman–Crippen LogP) is 3.88. The molecule has 3 aromatic rings. The van der Waals surface area contributed by atoms with Gasteiger partial charge in [0.15, 0.2) is 0 Å². The highest BCUT2D eigenvalue weighted by Crippen LogP contribution is 2.24. The molecule has 94 valence electrons. The van der Waals surface area contributed by atoms with Crippen molar-refractivity contribution >= 4 is 21.6 Å². The van der Waals surface area contributed by atoms with Gasteiger partial charge in [0.1, 0.15) is 0 Å². The third-order valence-corrected chi connectivity index (χ3v) is 3.42. The summed E-state index contributed by atoms with van der Waals surface area (Å²) < 4.78 is 2.76. The lowest BCUT2D eigenvalue weighted by atomic mass is 10.1. The van der Waals surface area contributed by atoms with Crippen LogP contribution in [0.25, 0.3) is 16.8 Å². The zero-order chi connectivity index (χ0) is 13.2. The Bertz CT molecular complexity index is 704. The normalized spacial score (nSPS) is 10.6. The highest BCUT2D eigenvalue weighted by atomic mass is 79.9. The first kappa shape index (κ1) is 12.0. The van der Waals surface area contributed by atoms with Crippen LogP contribution in [0.2, 0.25) is 0 Å². The van der Waals surface area contributed by atoms with E-state index in [0.29, 0.717) is 5.69 Å². The number of rotatable bonds is 2. The van der Waals surface area contributed by atoms with Crippen LogP contribution < -0.4 is 5.73 Å². The number of hydrogen-bond donors (Lipinski definition) is 1. The fourth-order valence-corrected chi connectivity index (χ4v) is 2.35. The van der Waals surface area contributed by atoms with Crippen LogP contribution >= 0.6 is 15.9 Å². The number of halogens is 1. The van der Waals surface area contributed by atoms with Crippen molar-refractivity contribution in [2.45, 2.75) is 0 Å². The quantitative estimate of drug-likeness (QED) is 0.729. The average Bonchev–Trinajstić information content (AvgIpc) is 2.89. The number of nitrogens with two attached hydrogens (primary N) is 1. The molecule has 0 spiro atoms.